The molecule has 88 valence electrons. The number of halogens is 1. The summed E-state index contributed by atoms with van der Waals surface area (Å²) in [6, 6.07) is 8.50. The molecule has 0 saturated carbocycles. The third-order valence-electron chi connectivity index (χ3n) is 3.28. The molecular formula is C13H13ClN2O. The van der Waals surface area contributed by atoms with Crippen LogP contribution in [0.15, 0.2) is 28.8 Å². The second-order valence-electron chi connectivity index (χ2n) is 4.32. The lowest BCUT2D eigenvalue weighted by atomic mass is 9.82. The normalized spacial score (nSPS) is 19.0. The number of benzene rings is 1. The molecule has 17 heavy (non-hydrogen) atoms. The SMILES string of the molecule is ClCc1nc(C2CCCc3ccccc32)no1. The maximum absolute atomic E-state index is 5.68. The summed E-state index contributed by atoms with van der Waals surface area (Å²) in [5, 5.41) is 4.04. The van der Waals surface area contributed by atoms with Crippen LogP contribution in [-0.2, 0) is 12.3 Å². The van der Waals surface area contributed by atoms with Crippen LogP contribution in [-0.4, -0.2) is 10.1 Å². The van der Waals surface area contributed by atoms with Gasteiger partial charge >= 0.3 is 0 Å². The molecule has 0 amide bonds. The summed E-state index contributed by atoms with van der Waals surface area (Å²) in [5.41, 5.74) is 2.74. The molecular weight excluding hydrogens is 236 g/mol. The molecule has 0 saturated heterocycles. The van der Waals surface area contributed by atoms with Gasteiger partial charge in [-0.3, -0.25) is 0 Å². The number of hydrogen-bond acceptors (Lipinski definition) is 3. The second-order valence-corrected chi connectivity index (χ2v) is 4.59. The molecule has 2 aromatic rings. The largest absolute Gasteiger partial charge is 0.338 e. The van der Waals surface area contributed by atoms with Crippen molar-refractivity contribution in [1.29, 1.82) is 0 Å². The number of rotatable bonds is 2. The third kappa shape index (κ3) is 1.95. The smallest absolute Gasteiger partial charge is 0.241 e. The highest BCUT2D eigenvalue weighted by atomic mass is 35.5. The monoisotopic (exact) mass is 248 g/mol. The van der Waals surface area contributed by atoms with Crippen LogP contribution in [0.3, 0.4) is 0 Å². The minimum atomic E-state index is 0.265. The first-order chi connectivity index (χ1) is 8.38. The summed E-state index contributed by atoms with van der Waals surface area (Å²) in [6.07, 6.45) is 3.40. The van der Waals surface area contributed by atoms with E-state index in [1.54, 1.807) is 0 Å². The van der Waals surface area contributed by atoms with Gasteiger partial charge in [-0.15, -0.1) is 11.6 Å². The second kappa shape index (κ2) is 4.49. The van der Waals surface area contributed by atoms with Gasteiger partial charge in [-0.25, -0.2) is 0 Å². The first kappa shape index (κ1) is 10.8. The Morgan fingerprint density at radius 2 is 2.24 bits per heavy atom. The maximum atomic E-state index is 5.68. The van der Waals surface area contributed by atoms with Crippen LogP contribution in [0.2, 0.25) is 0 Å². The van der Waals surface area contributed by atoms with E-state index >= 15 is 0 Å². The summed E-state index contributed by atoms with van der Waals surface area (Å²) in [7, 11) is 0. The first-order valence-corrected chi connectivity index (χ1v) is 6.38. The van der Waals surface area contributed by atoms with Crippen LogP contribution in [0.4, 0.5) is 0 Å². The van der Waals surface area contributed by atoms with E-state index in [4.69, 9.17) is 16.1 Å². The van der Waals surface area contributed by atoms with Gasteiger partial charge in [0.15, 0.2) is 5.82 Å². The van der Waals surface area contributed by atoms with Crippen LogP contribution in [0.1, 0.15) is 41.6 Å². The van der Waals surface area contributed by atoms with Gasteiger partial charge < -0.3 is 4.52 Å². The summed E-state index contributed by atoms with van der Waals surface area (Å²) in [6.45, 7) is 0. The summed E-state index contributed by atoms with van der Waals surface area (Å²) in [4.78, 5) is 4.34. The Bertz CT molecular complexity index is 524. The van der Waals surface area contributed by atoms with E-state index < -0.39 is 0 Å². The summed E-state index contributed by atoms with van der Waals surface area (Å²) < 4.78 is 5.09. The van der Waals surface area contributed by atoms with Crippen molar-refractivity contribution in [1.82, 2.24) is 10.1 Å². The number of hydrogen-bond donors (Lipinski definition) is 0. The molecule has 1 atom stereocenters. The number of alkyl halides is 1. The van der Waals surface area contributed by atoms with Gasteiger partial charge in [0.05, 0.1) is 0 Å². The van der Waals surface area contributed by atoms with Crippen LogP contribution in [0, 0.1) is 0 Å². The van der Waals surface area contributed by atoms with E-state index in [0.717, 1.165) is 18.7 Å². The molecule has 3 rings (SSSR count). The highest BCUT2D eigenvalue weighted by Gasteiger charge is 2.25. The number of aromatic nitrogens is 2. The molecule has 0 bridgehead atoms. The van der Waals surface area contributed by atoms with E-state index in [1.807, 2.05) is 0 Å². The van der Waals surface area contributed by atoms with Gasteiger partial charge in [-0.05, 0) is 30.4 Å². The lowest BCUT2D eigenvalue weighted by Crippen LogP contribution is -2.12. The van der Waals surface area contributed by atoms with Crippen LogP contribution < -0.4 is 0 Å². The van der Waals surface area contributed by atoms with E-state index in [9.17, 15) is 0 Å². The van der Waals surface area contributed by atoms with Crippen molar-refractivity contribution in [3.05, 3.63) is 47.1 Å². The fraction of sp³-hybridized carbons (Fsp3) is 0.385. The lowest BCUT2D eigenvalue weighted by molar-refractivity contribution is 0.380. The van der Waals surface area contributed by atoms with E-state index in [1.165, 1.54) is 17.5 Å². The van der Waals surface area contributed by atoms with Gasteiger partial charge in [0.2, 0.25) is 5.89 Å². The van der Waals surface area contributed by atoms with Gasteiger partial charge in [0.25, 0.3) is 0 Å². The fourth-order valence-corrected chi connectivity index (χ4v) is 2.59. The lowest BCUT2D eigenvalue weighted by Gasteiger charge is -2.22. The maximum Gasteiger partial charge on any atom is 0.241 e. The Morgan fingerprint density at radius 3 is 3.06 bits per heavy atom. The minimum Gasteiger partial charge on any atom is -0.338 e. The molecule has 1 aromatic heterocycles. The molecule has 3 nitrogen and oxygen atoms in total. The zero-order chi connectivity index (χ0) is 11.7. The highest BCUT2D eigenvalue weighted by molar-refractivity contribution is 6.16. The minimum absolute atomic E-state index is 0.265. The topological polar surface area (TPSA) is 38.9 Å². The number of fused-ring (bicyclic) bond motifs is 1. The van der Waals surface area contributed by atoms with Crippen molar-refractivity contribution in [3.63, 3.8) is 0 Å². The van der Waals surface area contributed by atoms with Crippen molar-refractivity contribution in [2.24, 2.45) is 0 Å². The van der Waals surface area contributed by atoms with E-state index in [-0.39, 0.29) is 11.8 Å². The Morgan fingerprint density at radius 1 is 1.35 bits per heavy atom. The summed E-state index contributed by atoms with van der Waals surface area (Å²) >= 11 is 5.68. The predicted octanol–water partition coefficient (Wildman–Crippen LogP) is 3.28. The van der Waals surface area contributed by atoms with Gasteiger partial charge in [0, 0.05) is 5.92 Å². The molecule has 1 aromatic carbocycles. The Kier molecular flexibility index (Phi) is 2.85. The molecule has 1 heterocycles. The Balaban J connectivity index is 1.99. The van der Waals surface area contributed by atoms with Crippen molar-refractivity contribution < 1.29 is 4.52 Å². The quantitative estimate of drug-likeness (QED) is 0.766. The fourth-order valence-electron chi connectivity index (χ4n) is 2.49. The van der Waals surface area contributed by atoms with E-state index in [0.29, 0.717) is 5.89 Å². The molecule has 0 fully saturated rings. The number of aryl methyl sites for hydroxylation is 1. The predicted molar refractivity (Wildman–Crippen MR) is 65.1 cm³/mol. The highest BCUT2D eigenvalue weighted by Crippen LogP contribution is 2.35. The van der Waals surface area contributed by atoms with E-state index in [2.05, 4.69) is 34.4 Å². The van der Waals surface area contributed by atoms with Crippen molar-refractivity contribution in [3.8, 4) is 0 Å². The number of nitrogens with zero attached hydrogens (tertiary/aromatic N) is 2. The molecule has 1 aliphatic carbocycles. The van der Waals surface area contributed by atoms with Gasteiger partial charge in [-0.2, -0.15) is 4.98 Å². The van der Waals surface area contributed by atoms with Crippen molar-refractivity contribution in [2.75, 3.05) is 0 Å². The van der Waals surface area contributed by atoms with Crippen molar-refractivity contribution in [2.45, 2.75) is 31.1 Å². The zero-order valence-corrected chi connectivity index (χ0v) is 10.2. The molecule has 0 aliphatic heterocycles. The Hall–Kier alpha value is -1.35. The average Bonchev–Trinajstić information content (AvgIpc) is 2.87. The van der Waals surface area contributed by atoms with Crippen LogP contribution >= 0.6 is 11.6 Å². The zero-order valence-electron chi connectivity index (χ0n) is 9.40. The standard InChI is InChI=1S/C13H13ClN2O/c14-8-12-15-13(16-17-12)11-7-3-5-9-4-1-2-6-10(9)11/h1-2,4,6,11H,3,5,7-8H2. The van der Waals surface area contributed by atoms with Crippen LogP contribution in [0.25, 0.3) is 0 Å². The molecule has 0 spiro atoms. The molecule has 1 aliphatic rings. The van der Waals surface area contributed by atoms with Gasteiger partial charge in [-0.1, -0.05) is 29.4 Å². The van der Waals surface area contributed by atoms with Crippen molar-refractivity contribution >= 4 is 11.6 Å². The first-order valence-electron chi connectivity index (χ1n) is 5.84. The van der Waals surface area contributed by atoms with Crippen LogP contribution in [0.5, 0.6) is 0 Å². The molecule has 0 radical (unpaired) electrons. The summed E-state index contributed by atoms with van der Waals surface area (Å²) in [5.74, 6) is 1.82. The third-order valence-corrected chi connectivity index (χ3v) is 3.51. The molecule has 0 N–H and O–H groups in total. The molecule has 4 heteroatoms. The molecule has 1 unspecified atom stereocenters. The average molecular weight is 249 g/mol. The Labute approximate surface area is 105 Å². The van der Waals surface area contributed by atoms with Gasteiger partial charge in [0.1, 0.15) is 5.88 Å².